The van der Waals surface area contributed by atoms with Crippen molar-refractivity contribution in [2.75, 3.05) is 0 Å². The van der Waals surface area contributed by atoms with Crippen LogP contribution in [0.1, 0.15) is 31.3 Å². The Balaban J connectivity index is 3.02. The van der Waals surface area contributed by atoms with E-state index in [0.717, 1.165) is 0 Å². The van der Waals surface area contributed by atoms with Gasteiger partial charge in [-0.15, -0.1) is 11.8 Å². The van der Waals surface area contributed by atoms with Crippen molar-refractivity contribution in [3.05, 3.63) is 18.2 Å². The second-order valence-electron chi connectivity index (χ2n) is 3.76. The standard InChI is InChI=1S/C9H12N2O2S/c1-9(2,3)14-6-4-10-5-11-7(6)8(12)13/h4-5H,1-3H3,(H,12,13). The lowest BCUT2D eigenvalue weighted by Gasteiger charge is -2.17. The summed E-state index contributed by atoms with van der Waals surface area (Å²) in [7, 11) is 0. The maximum Gasteiger partial charge on any atom is 0.355 e. The Morgan fingerprint density at radius 3 is 2.64 bits per heavy atom. The summed E-state index contributed by atoms with van der Waals surface area (Å²) in [6.45, 7) is 6.03. The number of nitrogens with zero attached hydrogens (tertiary/aromatic N) is 2. The largest absolute Gasteiger partial charge is 0.476 e. The molecule has 0 fully saturated rings. The number of rotatable bonds is 2. The maximum atomic E-state index is 10.8. The molecule has 5 heteroatoms. The summed E-state index contributed by atoms with van der Waals surface area (Å²) in [4.78, 5) is 19.0. The molecule has 1 rings (SSSR count). The molecular weight excluding hydrogens is 200 g/mol. The van der Waals surface area contributed by atoms with E-state index in [0.29, 0.717) is 4.90 Å². The quantitative estimate of drug-likeness (QED) is 0.760. The maximum absolute atomic E-state index is 10.8. The van der Waals surface area contributed by atoms with Crippen molar-refractivity contribution in [1.29, 1.82) is 0 Å². The minimum absolute atomic E-state index is 0.0467. The van der Waals surface area contributed by atoms with Crippen molar-refractivity contribution < 1.29 is 9.90 Å². The van der Waals surface area contributed by atoms with Crippen LogP contribution in [0, 0.1) is 0 Å². The summed E-state index contributed by atoms with van der Waals surface area (Å²) in [5, 5.41) is 8.86. The predicted molar refractivity (Wildman–Crippen MR) is 54.6 cm³/mol. The molecular formula is C9H12N2O2S. The van der Waals surface area contributed by atoms with E-state index in [2.05, 4.69) is 9.97 Å². The average Bonchev–Trinajstić information content (AvgIpc) is 2.01. The van der Waals surface area contributed by atoms with Crippen LogP contribution in [0.25, 0.3) is 0 Å². The number of hydrogen-bond donors (Lipinski definition) is 1. The smallest absolute Gasteiger partial charge is 0.355 e. The minimum atomic E-state index is -1.01. The molecule has 1 aromatic rings. The highest BCUT2D eigenvalue weighted by molar-refractivity contribution is 8.00. The molecule has 0 radical (unpaired) electrons. The fourth-order valence-corrected chi connectivity index (χ4v) is 1.89. The molecule has 0 aromatic carbocycles. The third-order valence-electron chi connectivity index (χ3n) is 1.30. The van der Waals surface area contributed by atoms with E-state index in [4.69, 9.17) is 5.11 Å². The zero-order valence-electron chi connectivity index (χ0n) is 8.31. The van der Waals surface area contributed by atoms with Crippen molar-refractivity contribution in [2.24, 2.45) is 0 Å². The van der Waals surface area contributed by atoms with Gasteiger partial charge in [0.2, 0.25) is 0 Å². The highest BCUT2D eigenvalue weighted by atomic mass is 32.2. The summed E-state index contributed by atoms with van der Waals surface area (Å²) in [5.41, 5.74) is 0.0694. The first-order chi connectivity index (χ1) is 6.40. The summed E-state index contributed by atoms with van der Waals surface area (Å²) in [6.07, 6.45) is 2.78. The molecule has 0 saturated carbocycles. The Bertz CT molecular complexity index is 347. The molecule has 76 valence electrons. The first kappa shape index (κ1) is 11.0. The van der Waals surface area contributed by atoms with Gasteiger partial charge in [0.25, 0.3) is 0 Å². The molecule has 0 unspecified atom stereocenters. The van der Waals surface area contributed by atoms with Crippen LogP contribution in [-0.2, 0) is 0 Å². The molecule has 0 spiro atoms. The van der Waals surface area contributed by atoms with Crippen LogP contribution < -0.4 is 0 Å². The van der Waals surface area contributed by atoms with E-state index < -0.39 is 5.97 Å². The van der Waals surface area contributed by atoms with Gasteiger partial charge in [0.1, 0.15) is 6.33 Å². The third-order valence-corrected chi connectivity index (χ3v) is 2.43. The monoisotopic (exact) mass is 212 g/mol. The lowest BCUT2D eigenvalue weighted by molar-refractivity contribution is 0.0686. The lowest BCUT2D eigenvalue weighted by Crippen LogP contribution is -2.10. The number of thioether (sulfide) groups is 1. The van der Waals surface area contributed by atoms with Gasteiger partial charge in [0.15, 0.2) is 5.69 Å². The Morgan fingerprint density at radius 1 is 1.50 bits per heavy atom. The van der Waals surface area contributed by atoms with Gasteiger partial charge in [-0.05, 0) is 0 Å². The molecule has 1 N–H and O–H groups in total. The first-order valence-electron chi connectivity index (χ1n) is 4.12. The van der Waals surface area contributed by atoms with E-state index >= 15 is 0 Å². The Kier molecular flexibility index (Phi) is 3.10. The zero-order valence-corrected chi connectivity index (χ0v) is 9.13. The Hall–Kier alpha value is -1.10. The van der Waals surface area contributed by atoms with Gasteiger partial charge in [-0.2, -0.15) is 0 Å². The van der Waals surface area contributed by atoms with Crippen molar-refractivity contribution in [3.8, 4) is 0 Å². The highest BCUT2D eigenvalue weighted by Gasteiger charge is 2.18. The number of aromatic nitrogens is 2. The summed E-state index contributed by atoms with van der Waals surface area (Å²) < 4.78 is -0.0467. The van der Waals surface area contributed by atoms with Gasteiger partial charge in [-0.1, -0.05) is 20.8 Å². The molecule has 0 atom stereocenters. The van der Waals surface area contributed by atoms with Crippen LogP contribution in [0.5, 0.6) is 0 Å². The SMILES string of the molecule is CC(C)(C)Sc1cncnc1C(=O)O. The number of carboxylic acids is 1. The molecule has 0 saturated heterocycles. The van der Waals surface area contributed by atoms with E-state index in [1.54, 1.807) is 0 Å². The van der Waals surface area contributed by atoms with Crippen molar-refractivity contribution in [3.63, 3.8) is 0 Å². The molecule has 0 aliphatic rings. The van der Waals surface area contributed by atoms with Gasteiger partial charge < -0.3 is 5.11 Å². The predicted octanol–water partition coefficient (Wildman–Crippen LogP) is 2.07. The molecule has 1 heterocycles. The molecule has 0 aliphatic carbocycles. The number of aromatic carboxylic acids is 1. The zero-order chi connectivity index (χ0) is 10.8. The van der Waals surface area contributed by atoms with Crippen LogP contribution in [0.3, 0.4) is 0 Å². The third kappa shape index (κ3) is 2.99. The molecule has 4 nitrogen and oxygen atoms in total. The van der Waals surface area contributed by atoms with Crippen molar-refractivity contribution >= 4 is 17.7 Å². The molecule has 14 heavy (non-hydrogen) atoms. The van der Waals surface area contributed by atoms with Crippen LogP contribution in [0.2, 0.25) is 0 Å². The normalized spacial score (nSPS) is 11.4. The number of carbonyl (C=O) groups is 1. The van der Waals surface area contributed by atoms with Crippen LogP contribution in [-0.4, -0.2) is 25.8 Å². The van der Waals surface area contributed by atoms with Gasteiger partial charge in [0, 0.05) is 10.9 Å². The average molecular weight is 212 g/mol. The molecule has 0 amide bonds. The van der Waals surface area contributed by atoms with Crippen LogP contribution >= 0.6 is 11.8 Å². The van der Waals surface area contributed by atoms with Crippen molar-refractivity contribution in [2.45, 2.75) is 30.4 Å². The van der Waals surface area contributed by atoms with Crippen LogP contribution in [0.15, 0.2) is 17.4 Å². The van der Waals surface area contributed by atoms with Gasteiger partial charge in [-0.3, -0.25) is 0 Å². The van der Waals surface area contributed by atoms with Gasteiger partial charge in [-0.25, -0.2) is 14.8 Å². The second-order valence-corrected chi connectivity index (χ2v) is 5.62. The van der Waals surface area contributed by atoms with Gasteiger partial charge >= 0.3 is 5.97 Å². The minimum Gasteiger partial charge on any atom is -0.476 e. The fourth-order valence-electron chi connectivity index (χ4n) is 0.882. The van der Waals surface area contributed by atoms with E-state index in [1.165, 1.54) is 24.3 Å². The first-order valence-corrected chi connectivity index (χ1v) is 4.94. The van der Waals surface area contributed by atoms with E-state index in [1.807, 2.05) is 20.8 Å². The van der Waals surface area contributed by atoms with E-state index in [-0.39, 0.29) is 10.4 Å². The van der Waals surface area contributed by atoms with E-state index in [9.17, 15) is 4.79 Å². The topological polar surface area (TPSA) is 63.1 Å². The highest BCUT2D eigenvalue weighted by Crippen LogP contribution is 2.32. The van der Waals surface area contributed by atoms with Crippen LogP contribution in [0.4, 0.5) is 0 Å². The Labute approximate surface area is 86.8 Å². The van der Waals surface area contributed by atoms with Crippen molar-refractivity contribution in [1.82, 2.24) is 9.97 Å². The number of hydrogen-bond acceptors (Lipinski definition) is 4. The summed E-state index contributed by atoms with van der Waals surface area (Å²) >= 11 is 1.45. The number of carboxylic acid groups (broad SMARTS) is 1. The summed E-state index contributed by atoms with van der Waals surface area (Å²) in [6, 6.07) is 0. The second kappa shape index (κ2) is 3.96. The summed E-state index contributed by atoms with van der Waals surface area (Å²) in [5.74, 6) is -1.01. The Morgan fingerprint density at radius 2 is 2.14 bits per heavy atom. The fraction of sp³-hybridized carbons (Fsp3) is 0.444. The molecule has 0 bridgehead atoms. The molecule has 1 aromatic heterocycles. The lowest BCUT2D eigenvalue weighted by atomic mass is 10.3. The van der Waals surface area contributed by atoms with Gasteiger partial charge in [0.05, 0.1) is 4.90 Å². The molecule has 0 aliphatic heterocycles.